The van der Waals surface area contributed by atoms with Gasteiger partial charge in [-0.05, 0) is 11.6 Å². The molecule has 0 unspecified atom stereocenters. The van der Waals surface area contributed by atoms with E-state index in [9.17, 15) is 9.90 Å². The smallest absolute Gasteiger partial charge is 0.348 e. The highest BCUT2D eigenvalue weighted by molar-refractivity contribution is 7.19. The maximum atomic E-state index is 11.2. The molecule has 1 N–H and O–H groups in total. The maximum Gasteiger partial charge on any atom is 0.348 e. The van der Waals surface area contributed by atoms with Gasteiger partial charge in [0.1, 0.15) is 4.88 Å². The molecule has 94 valence electrons. The van der Waals surface area contributed by atoms with Crippen molar-refractivity contribution in [1.82, 2.24) is 9.38 Å². The summed E-state index contributed by atoms with van der Waals surface area (Å²) in [6.45, 7) is 0. The summed E-state index contributed by atoms with van der Waals surface area (Å²) < 4.78 is 1.79. The molecular weight excluding hydrogens is 260 g/mol. The van der Waals surface area contributed by atoms with E-state index in [1.165, 1.54) is 11.3 Å². The third-order valence-electron chi connectivity index (χ3n) is 2.72. The zero-order valence-corrected chi connectivity index (χ0v) is 10.7. The van der Waals surface area contributed by atoms with Crippen LogP contribution in [0, 0.1) is 0 Å². The van der Waals surface area contributed by atoms with Crippen LogP contribution >= 0.6 is 11.3 Å². The van der Waals surface area contributed by atoms with Gasteiger partial charge in [0.2, 0.25) is 0 Å². The molecule has 5 heteroatoms. The van der Waals surface area contributed by atoms with Gasteiger partial charge in [0.15, 0.2) is 4.96 Å². The number of nitrogens with zero attached hydrogens (tertiary/aromatic N) is 2. The molecule has 0 amide bonds. The quantitative estimate of drug-likeness (QED) is 0.794. The molecule has 3 aromatic rings. The molecular formula is C14H10N2O2S. The number of fused-ring (bicyclic) bond motifs is 1. The normalized spacial score (nSPS) is 11.4. The van der Waals surface area contributed by atoms with Gasteiger partial charge in [-0.1, -0.05) is 47.7 Å². The zero-order chi connectivity index (χ0) is 13.2. The van der Waals surface area contributed by atoms with E-state index >= 15 is 0 Å². The van der Waals surface area contributed by atoms with Crippen LogP contribution in [0.4, 0.5) is 0 Å². The number of imidazole rings is 1. The van der Waals surface area contributed by atoms with E-state index in [-0.39, 0.29) is 0 Å². The van der Waals surface area contributed by atoms with Crippen molar-refractivity contribution in [2.45, 2.75) is 0 Å². The first-order valence-electron chi connectivity index (χ1n) is 5.68. The lowest BCUT2D eigenvalue weighted by Gasteiger charge is -1.95. The number of hydrogen-bond donors (Lipinski definition) is 1. The van der Waals surface area contributed by atoms with Gasteiger partial charge in [0.05, 0.1) is 5.69 Å². The van der Waals surface area contributed by atoms with E-state index in [1.807, 2.05) is 42.5 Å². The third kappa shape index (κ3) is 2.15. The predicted octanol–water partition coefficient (Wildman–Crippen LogP) is 3.26. The first kappa shape index (κ1) is 11.7. The Hall–Kier alpha value is -2.40. The minimum absolute atomic E-state index is 0.301. The molecule has 0 aliphatic heterocycles. The summed E-state index contributed by atoms with van der Waals surface area (Å²) in [6.07, 6.45) is 7.14. The second-order valence-corrected chi connectivity index (χ2v) is 4.92. The fourth-order valence-corrected chi connectivity index (χ4v) is 2.76. The Balaban J connectivity index is 2.08. The molecule has 0 fully saturated rings. The summed E-state index contributed by atoms with van der Waals surface area (Å²) >= 11 is 1.17. The summed E-state index contributed by atoms with van der Waals surface area (Å²) in [5.41, 5.74) is 1.67. The second-order valence-electron chi connectivity index (χ2n) is 3.95. The van der Waals surface area contributed by atoms with Gasteiger partial charge in [-0.15, -0.1) is 0 Å². The number of rotatable bonds is 3. The summed E-state index contributed by atoms with van der Waals surface area (Å²) in [7, 11) is 0. The summed E-state index contributed by atoms with van der Waals surface area (Å²) in [6, 6.07) is 9.76. The molecule has 2 heterocycles. The maximum absolute atomic E-state index is 11.2. The summed E-state index contributed by atoms with van der Waals surface area (Å²) in [5, 5.41) is 9.22. The highest BCUT2D eigenvalue weighted by Gasteiger charge is 2.16. The number of aromatic nitrogens is 2. The number of benzene rings is 1. The Morgan fingerprint density at radius 3 is 2.79 bits per heavy atom. The van der Waals surface area contributed by atoms with E-state index in [0.29, 0.717) is 15.5 Å². The van der Waals surface area contributed by atoms with Gasteiger partial charge in [-0.3, -0.25) is 4.40 Å². The Bertz CT molecular complexity index is 756. The Morgan fingerprint density at radius 2 is 2.05 bits per heavy atom. The first-order chi connectivity index (χ1) is 9.25. The van der Waals surface area contributed by atoms with Crippen molar-refractivity contribution in [2.24, 2.45) is 0 Å². The van der Waals surface area contributed by atoms with Crippen molar-refractivity contribution in [3.63, 3.8) is 0 Å². The average molecular weight is 270 g/mol. The van der Waals surface area contributed by atoms with Crippen molar-refractivity contribution in [1.29, 1.82) is 0 Å². The number of aromatic carboxylic acids is 1. The number of carboxylic acid groups (broad SMARTS) is 1. The molecule has 0 aliphatic carbocycles. The Morgan fingerprint density at radius 1 is 1.26 bits per heavy atom. The molecule has 0 saturated heterocycles. The predicted molar refractivity (Wildman–Crippen MR) is 75.4 cm³/mol. The van der Waals surface area contributed by atoms with Crippen LogP contribution in [-0.2, 0) is 0 Å². The van der Waals surface area contributed by atoms with Crippen LogP contribution in [0.15, 0.2) is 42.7 Å². The monoisotopic (exact) mass is 270 g/mol. The summed E-state index contributed by atoms with van der Waals surface area (Å²) in [5.74, 6) is -0.928. The SMILES string of the molecule is O=C(O)c1sc2nccn2c1/C=C/c1ccccc1. The van der Waals surface area contributed by atoms with Crippen molar-refractivity contribution in [3.05, 3.63) is 58.9 Å². The highest BCUT2D eigenvalue weighted by atomic mass is 32.1. The van der Waals surface area contributed by atoms with Gasteiger partial charge in [-0.25, -0.2) is 9.78 Å². The molecule has 1 aromatic carbocycles. The van der Waals surface area contributed by atoms with Crippen LogP contribution < -0.4 is 0 Å². The standard InChI is InChI=1S/C14H10N2O2S/c17-13(18)12-11(16-9-8-15-14(16)19-12)7-6-10-4-2-1-3-5-10/h1-9H,(H,17,18)/b7-6+. The summed E-state index contributed by atoms with van der Waals surface area (Å²) in [4.78, 5) is 16.3. The first-order valence-corrected chi connectivity index (χ1v) is 6.49. The van der Waals surface area contributed by atoms with Gasteiger partial charge < -0.3 is 5.11 Å². The van der Waals surface area contributed by atoms with Crippen LogP contribution in [0.2, 0.25) is 0 Å². The molecule has 0 aliphatic rings. The number of carbonyl (C=O) groups is 1. The lowest BCUT2D eigenvalue weighted by Crippen LogP contribution is -1.96. The van der Waals surface area contributed by atoms with Crippen LogP contribution in [0.1, 0.15) is 20.9 Å². The van der Waals surface area contributed by atoms with Crippen molar-refractivity contribution in [2.75, 3.05) is 0 Å². The van der Waals surface area contributed by atoms with Crippen LogP contribution in [0.3, 0.4) is 0 Å². The Labute approximate surface area is 113 Å². The van der Waals surface area contributed by atoms with Crippen molar-refractivity contribution >= 4 is 34.4 Å². The van der Waals surface area contributed by atoms with Gasteiger partial charge in [0.25, 0.3) is 0 Å². The van der Waals surface area contributed by atoms with Crippen LogP contribution in [0.25, 0.3) is 17.1 Å². The number of hydrogen-bond acceptors (Lipinski definition) is 3. The van der Waals surface area contributed by atoms with E-state index in [4.69, 9.17) is 0 Å². The number of thiazole rings is 1. The highest BCUT2D eigenvalue weighted by Crippen LogP contribution is 2.24. The lowest BCUT2D eigenvalue weighted by atomic mass is 10.2. The molecule has 3 rings (SSSR count). The van der Waals surface area contributed by atoms with Crippen molar-refractivity contribution in [3.8, 4) is 0 Å². The second kappa shape index (κ2) is 4.70. The zero-order valence-electron chi connectivity index (χ0n) is 9.85. The van der Waals surface area contributed by atoms with Crippen molar-refractivity contribution < 1.29 is 9.90 Å². The molecule has 0 radical (unpaired) electrons. The van der Waals surface area contributed by atoms with E-state index in [0.717, 1.165) is 5.56 Å². The average Bonchev–Trinajstić information content (AvgIpc) is 2.98. The van der Waals surface area contributed by atoms with E-state index in [2.05, 4.69) is 4.98 Å². The van der Waals surface area contributed by atoms with Crippen LogP contribution in [0.5, 0.6) is 0 Å². The van der Waals surface area contributed by atoms with Gasteiger partial charge in [-0.2, -0.15) is 0 Å². The van der Waals surface area contributed by atoms with E-state index < -0.39 is 5.97 Å². The minimum atomic E-state index is -0.928. The molecule has 4 nitrogen and oxygen atoms in total. The van der Waals surface area contributed by atoms with Crippen LogP contribution in [-0.4, -0.2) is 20.5 Å². The fraction of sp³-hybridized carbons (Fsp3) is 0. The topological polar surface area (TPSA) is 54.6 Å². The fourth-order valence-electron chi connectivity index (χ4n) is 1.85. The number of carboxylic acids is 1. The largest absolute Gasteiger partial charge is 0.477 e. The molecule has 0 saturated carbocycles. The molecule has 2 aromatic heterocycles. The van der Waals surface area contributed by atoms with Gasteiger partial charge >= 0.3 is 5.97 Å². The van der Waals surface area contributed by atoms with Gasteiger partial charge in [0, 0.05) is 12.4 Å². The lowest BCUT2D eigenvalue weighted by molar-refractivity contribution is 0.0701. The molecule has 0 atom stereocenters. The molecule has 19 heavy (non-hydrogen) atoms. The third-order valence-corrected chi connectivity index (χ3v) is 3.79. The molecule has 0 spiro atoms. The molecule has 0 bridgehead atoms. The van der Waals surface area contributed by atoms with E-state index in [1.54, 1.807) is 16.8 Å². The Kier molecular flexibility index (Phi) is 2.89. The minimum Gasteiger partial charge on any atom is -0.477 e.